The van der Waals surface area contributed by atoms with Crippen molar-refractivity contribution in [2.45, 2.75) is 25.6 Å². The van der Waals surface area contributed by atoms with E-state index in [1.807, 2.05) is 0 Å². The number of rotatable bonds is 3. The molecule has 0 aromatic carbocycles. The molecule has 2 nitrogen and oxygen atoms in total. The van der Waals surface area contributed by atoms with Crippen LogP contribution in [0.5, 0.6) is 0 Å². The van der Waals surface area contributed by atoms with Crippen LogP contribution in [0, 0.1) is 5.92 Å². The highest BCUT2D eigenvalue weighted by Gasteiger charge is 2.12. The first-order valence-electron chi connectivity index (χ1n) is 4.44. The fourth-order valence-electron chi connectivity index (χ4n) is 1.22. The molecule has 0 radical (unpaired) electrons. The van der Waals surface area contributed by atoms with Crippen LogP contribution in [-0.4, -0.2) is 4.98 Å². The Kier molecular flexibility index (Phi) is 3.55. The summed E-state index contributed by atoms with van der Waals surface area (Å²) in [5.74, 6) is 0.571. The molecule has 2 N–H and O–H groups in total. The van der Waals surface area contributed by atoms with E-state index < -0.39 is 0 Å². The normalized spacial score (nSPS) is 13.2. The summed E-state index contributed by atoms with van der Waals surface area (Å²) in [5, 5.41) is -0.0197. The summed E-state index contributed by atoms with van der Waals surface area (Å²) in [6.45, 7) is 4.28. The van der Waals surface area contributed by atoms with Gasteiger partial charge in [-0.2, -0.15) is 0 Å². The third kappa shape index (κ3) is 2.88. The zero-order chi connectivity index (χ0) is 9.84. The fourth-order valence-corrected chi connectivity index (χ4v) is 1.76. The van der Waals surface area contributed by atoms with Gasteiger partial charge in [-0.05, 0) is 18.4 Å². The SMILES string of the molecule is CC(C)CC(Cl)c1cnccc1N. The van der Waals surface area contributed by atoms with Gasteiger partial charge in [0, 0.05) is 23.6 Å². The molecule has 0 aliphatic rings. The van der Waals surface area contributed by atoms with Crippen molar-refractivity contribution in [2.75, 3.05) is 5.73 Å². The molecule has 1 aromatic rings. The van der Waals surface area contributed by atoms with Gasteiger partial charge >= 0.3 is 0 Å². The van der Waals surface area contributed by atoms with E-state index in [2.05, 4.69) is 18.8 Å². The Hall–Kier alpha value is -0.760. The minimum Gasteiger partial charge on any atom is -0.398 e. The molecule has 1 rings (SSSR count). The van der Waals surface area contributed by atoms with Crippen LogP contribution in [-0.2, 0) is 0 Å². The molecule has 0 bridgehead atoms. The van der Waals surface area contributed by atoms with E-state index in [0.717, 1.165) is 17.7 Å². The Balaban J connectivity index is 2.76. The molecule has 0 amide bonds. The van der Waals surface area contributed by atoms with Crippen molar-refractivity contribution >= 4 is 17.3 Å². The number of hydrogen-bond acceptors (Lipinski definition) is 2. The number of hydrogen-bond donors (Lipinski definition) is 1. The Morgan fingerprint density at radius 2 is 2.23 bits per heavy atom. The fraction of sp³-hybridized carbons (Fsp3) is 0.500. The van der Waals surface area contributed by atoms with Crippen LogP contribution >= 0.6 is 11.6 Å². The van der Waals surface area contributed by atoms with Crippen molar-refractivity contribution in [2.24, 2.45) is 5.92 Å². The van der Waals surface area contributed by atoms with Gasteiger partial charge in [-0.15, -0.1) is 11.6 Å². The molecule has 3 heteroatoms. The van der Waals surface area contributed by atoms with E-state index in [9.17, 15) is 0 Å². The third-order valence-electron chi connectivity index (χ3n) is 1.90. The number of aromatic nitrogens is 1. The summed E-state index contributed by atoms with van der Waals surface area (Å²) in [6, 6.07) is 1.78. The lowest BCUT2D eigenvalue weighted by molar-refractivity contribution is 0.575. The van der Waals surface area contributed by atoms with Gasteiger partial charge < -0.3 is 5.73 Å². The summed E-state index contributed by atoms with van der Waals surface area (Å²) in [5.41, 5.74) is 7.45. The minimum absolute atomic E-state index is 0.0197. The number of nitrogens with two attached hydrogens (primary N) is 1. The summed E-state index contributed by atoms with van der Waals surface area (Å²) in [6.07, 6.45) is 4.35. The molecule has 1 aromatic heterocycles. The van der Waals surface area contributed by atoms with Gasteiger partial charge in [0.2, 0.25) is 0 Å². The monoisotopic (exact) mass is 198 g/mol. The van der Waals surface area contributed by atoms with E-state index in [0.29, 0.717) is 5.92 Å². The lowest BCUT2D eigenvalue weighted by Crippen LogP contribution is -2.01. The molecule has 1 atom stereocenters. The highest BCUT2D eigenvalue weighted by atomic mass is 35.5. The quantitative estimate of drug-likeness (QED) is 0.759. The number of nitrogen functional groups attached to an aromatic ring is 1. The Bertz CT molecular complexity index is 273. The van der Waals surface area contributed by atoms with E-state index in [1.54, 1.807) is 18.5 Å². The van der Waals surface area contributed by atoms with Crippen LogP contribution in [0.15, 0.2) is 18.5 Å². The highest BCUT2D eigenvalue weighted by Crippen LogP contribution is 2.30. The van der Waals surface area contributed by atoms with Gasteiger partial charge in [0.25, 0.3) is 0 Å². The molecule has 0 fully saturated rings. The van der Waals surface area contributed by atoms with Gasteiger partial charge in [-0.3, -0.25) is 4.98 Å². The van der Waals surface area contributed by atoms with Gasteiger partial charge in [0.05, 0.1) is 5.38 Å². The van der Waals surface area contributed by atoms with Crippen LogP contribution in [0.1, 0.15) is 31.2 Å². The first-order valence-corrected chi connectivity index (χ1v) is 4.88. The van der Waals surface area contributed by atoms with E-state index in [4.69, 9.17) is 17.3 Å². The maximum atomic E-state index is 6.19. The Morgan fingerprint density at radius 3 is 2.77 bits per heavy atom. The largest absolute Gasteiger partial charge is 0.398 e. The van der Waals surface area contributed by atoms with E-state index in [1.165, 1.54) is 0 Å². The predicted molar refractivity (Wildman–Crippen MR) is 56.7 cm³/mol. The van der Waals surface area contributed by atoms with Gasteiger partial charge in [0.15, 0.2) is 0 Å². The van der Waals surface area contributed by atoms with Crippen molar-refractivity contribution in [3.63, 3.8) is 0 Å². The van der Waals surface area contributed by atoms with Gasteiger partial charge in [-0.25, -0.2) is 0 Å². The predicted octanol–water partition coefficient (Wildman–Crippen LogP) is 2.99. The van der Waals surface area contributed by atoms with Crippen molar-refractivity contribution < 1.29 is 0 Å². The molecule has 72 valence electrons. The minimum atomic E-state index is -0.0197. The summed E-state index contributed by atoms with van der Waals surface area (Å²) in [7, 11) is 0. The van der Waals surface area contributed by atoms with Crippen LogP contribution in [0.3, 0.4) is 0 Å². The first kappa shape index (κ1) is 10.3. The standard InChI is InChI=1S/C10H15ClN2/c1-7(2)5-9(11)8-6-13-4-3-10(8)12/h3-4,6-7,9H,5H2,1-2H3,(H2,12,13). The number of halogens is 1. The lowest BCUT2D eigenvalue weighted by atomic mass is 10.0. The maximum absolute atomic E-state index is 6.19. The molecular formula is C10H15ClN2. The molecule has 0 aliphatic carbocycles. The average molecular weight is 199 g/mol. The van der Waals surface area contributed by atoms with Crippen LogP contribution in [0.25, 0.3) is 0 Å². The first-order chi connectivity index (χ1) is 6.11. The van der Waals surface area contributed by atoms with Crippen LogP contribution in [0.2, 0.25) is 0 Å². The highest BCUT2D eigenvalue weighted by molar-refractivity contribution is 6.21. The van der Waals surface area contributed by atoms with Crippen molar-refractivity contribution in [3.05, 3.63) is 24.0 Å². The summed E-state index contributed by atoms with van der Waals surface area (Å²) < 4.78 is 0. The molecule has 0 saturated carbocycles. The van der Waals surface area contributed by atoms with Crippen LogP contribution in [0.4, 0.5) is 5.69 Å². The zero-order valence-corrected chi connectivity index (χ0v) is 8.75. The molecule has 0 saturated heterocycles. The lowest BCUT2D eigenvalue weighted by Gasteiger charge is -2.13. The second kappa shape index (κ2) is 4.47. The molecular weight excluding hydrogens is 184 g/mol. The number of pyridine rings is 1. The topological polar surface area (TPSA) is 38.9 Å². The van der Waals surface area contributed by atoms with E-state index in [-0.39, 0.29) is 5.38 Å². The number of nitrogens with zero attached hydrogens (tertiary/aromatic N) is 1. The summed E-state index contributed by atoms with van der Waals surface area (Å²) >= 11 is 6.19. The molecule has 1 unspecified atom stereocenters. The van der Waals surface area contributed by atoms with Gasteiger partial charge in [0.1, 0.15) is 0 Å². The molecule has 13 heavy (non-hydrogen) atoms. The van der Waals surface area contributed by atoms with Crippen molar-refractivity contribution in [3.8, 4) is 0 Å². The smallest absolute Gasteiger partial charge is 0.0623 e. The second-order valence-electron chi connectivity index (χ2n) is 3.60. The summed E-state index contributed by atoms with van der Waals surface area (Å²) in [4.78, 5) is 4.01. The molecule has 0 aliphatic heterocycles. The average Bonchev–Trinajstić information content (AvgIpc) is 2.03. The molecule has 1 heterocycles. The van der Waals surface area contributed by atoms with Crippen LogP contribution < -0.4 is 5.73 Å². The Morgan fingerprint density at radius 1 is 1.54 bits per heavy atom. The molecule has 0 spiro atoms. The van der Waals surface area contributed by atoms with Crippen molar-refractivity contribution in [1.82, 2.24) is 4.98 Å². The number of alkyl halides is 1. The zero-order valence-electron chi connectivity index (χ0n) is 8.00. The second-order valence-corrected chi connectivity index (χ2v) is 4.13. The van der Waals surface area contributed by atoms with Gasteiger partial charge in [-0.1, -0.05) is 13.8 Å². The number of anilines is 1. The maximum Gasteiger partial charge on any atom is 0.0623 e. The van der Waals surface area contributed by atoms with E-state index >= 15 is 0 Å². The Labute approximate surface area is 84.1 Å². The van der Waals surface area contributed by atoms with Crippen molar-refractivity contribution in [1.29, 1.82) is 0 Å². The third-order valence-corrected chi connectivity index (χ3v) is 2.32.